The Morgan fingerprint density at radius 2 is 1.70 bits per heavy atom. The Bertz CT molecular complexity index is 909. The normalized spacial score (nSPS) is 11.7. The molecule has 0 atom stereocenters. The molecule has 0 amide bonds. The fraction of sp³-hybridized carbons (Fsp3) is 0.118. The smallest absolute Gasteiger partial charge is 0.416 e. The summed E-state index contributed by atoms with van der Waals surface area (Å²) in [6.45, 7) is 0. The molecule has 23 heavy (non-hydrogen) atoms. The minimum Gasteiger partial charge on any atom is -0.497 e. The van der Waals surface area contributed by atoms with Crippen LogP contribution < -0.4 is 10.2 Å². The number of alkyl halides is 3. The second-order valence-electron chi connectivity index (χ2n) is 4.91. The molecule has 1 heterocycles. The molecular formula is C17H11F3O3. The maximum absolute atomic E-state index is 12.6. The average molecular weight is 320 g/mol. The van der Waals surface area contributed by atoms with Gasteiger partial charge in [0.2, 0.25) is 0 Å². The van der Waals surface area contributed by atoms with E-state index >= 15 is 0 Å². The molecule has 0 aliphatic rings. The van der Waals surface area contributed by atoms with Crippen molar-refractivity contribution >= 4 is 11.0 Å². The predicted octanol–water partition coefficient (Wildman–Crippen LogP) is 4.49. The van der Waals surface area contributed by atoms with Gasteiger partial charge in [0.05, 0.1) is 18.1 Å². The van der Waals surface area contributed by atoms with E-state index in [0.717, 1.165) is 12.1 Å². The molecule has 6 heteroatoms. The largest absolute Gasteiger partial charge is 0.497 e. The molecule has 0 radical (unpaired) electrons. The van der Waals surface area contributed by atoms with Gasteiger partial charge in [-0.15, -0.1) is 0 Å². The summed E-state index contributed by atoms with van der Waals surface area (Å²) in [6.07, 6.45) is -4.41. The standard InChI is InChI=1S/C17H11F3O3/c1-22-12-6-7-13-14(21)9-15(23-16(13)8-12)10-2-4-11(5-3-10)17(18,19)20/h2-9H,1H3. The van der Waals surface area contributed by atoms with Crippen LogP contribution in [-0.4, -0.2) is 7.11 Å². The van der Waals surface area contributed by atoms with Crippen LogP contribution in [0.25, 0.3) is 22.3 Å². The van der Waals surface area contributed by atoms with Gasteiger partial charge in [-0.3, -0.25) is 4.79 Å². The zero-order valence-corrected chi connectivity index (χ0v) is 12.0. The molecule has 3 nitrogen and oxygen atoms in total. The second kappa shape index (κ2) is 5.46. The Balaban J connectivity index is 2.11. The lowest BCUT2D eigenvalue weighted by Gasteiger charge is -2.08. The van der Waals surface area contributed by atoms with Crippen molar-refractivity contribution in [3.8, 4) is 17.1 Å². The van der Waals surface area contributed by atoms with Crippen LogP contribution in [0.15, 0.2) is 57.7 Å². The first-order valence-electron chi connectivity index (χ1n) is 6.68. The van der Waals surface area contributed by atoms with Crippen LogP contribution in [0.3, 0.4) is 0 Å². The first kappa shape index (κ1) is 15.1. The number of hydrogen-bond acceptors (Lipinski definition) is 3. The number of hydrogen-bond donors (Lipinski definition) is 0. The van der Waals surface area contributed by atoms with Gasteiger partial charge in [0.1, 0.15) is 17.1 Å². The molecule has 0 spiro atoms. The second-order valence-corrected chi connectivity index (χ2v) is 4.91. The molecule has 3 rings (SSSR count). The fourth-order valence-electron chi connectivity index (χ4n) is 2.23. The van der Waals surface area contributed by atoms with E-state index in [1.165, 1.54) is 25.3 Å². The molecule has 0 bridgehead atoms. The van der Waals surface area contributed by atoms with E-state index in [9.17, 15) is 18.0 Å². The van der Waals surface area contributed by atoms with E-state index in [1.54, 1.807) is 18.2 Å². The van der Waals surface area contributed by atoms with E-state index in [1.807, 2.05) is 0 Å². The monoisotopic (exact) mass is 320 g/mol. The highest BCUT2D eigenvalue weighted by Crippen LogP contribution is 2.31. The average Bonchev–Trinajstić information content (AvgIpc) is 2.53. The summed E-state index contributed by atoms with van der Waals surface area (Å²) < 4.78 is 48.5. The van der Waals surface area contributed by atoms with E-state index < -0.39 is 11.7 Å². The lowest BCUT2D eigenvalue weighted by molar-refractivity contribution is -0.137. The highest BCUT2D eigenvalue weighted by Gasteiger charge is 2.30. The van der Waals surface area contributed by atoms with Gasteiger partial charge in [0.15, 0.2) is 5.43 Å². The lowest BCUT2D eigenvalue weighted by atomic mass is 10.1. The van der Waals surface area contributed by atoms with Crippen molar-refractivity contribution in [2.75, 3.05) is 7.11 Å². The fourth-order valence-corrected chi connectivity index (χ4v) is 2.23. The number of methoxy groups -OCH3 is 1. The van der Waals surface area contributed by atoms with Gasteiger partial charge in [0.25, 0.3) is 0 Å². The van der Waals surface area contributed by atoms with Crippen LogP contribution in [0, 0.1) is 0 Å². The summed E-state index contributed by atoms with van der Waals surface area (Å²) in [5, 5.41) is 0.376. The molecule has 2 aromatic carbocycles. The van der Waals surface area contributed by atoms with E-state index in [-0.39, 0.29) is 11.2 Å². The highest BCUT2D eigenvalue weighted by molar-refractivity contribution is 5.80. The van der Waals surface area contributed by atoms with Crippen LogP contribution in [0.1, 0.15) is 5.56 Å². The zero-order valence-electron chi connectivity index (χ0n) is 12.0. The maximum atomic E-state index is 12.6. The molecular weight excluding hydrogens is 309 g/mol. The molecule has 0 saturated heterocycles. The summed E-state index contributed by atoms with van der Waals surface area (Å²) >= 11 is 0. The Morgan fingerprint density at radius 3 is 2.30 bits per heavy atom. The van der Waals surface area contributed by atoms with Crippen LogP contribution >= 0.6 is 0 Å². The summed E-state index contributed by atoms with van der Waals surface area (Å²) in [5.41, 5.74) is -0.332. The number of halogens is 3. The van der Waals surface area contributed by atoms with Crippen molar-refractivity contribution in [2.45, 2.75) is 6.18 Å². The summed E-state index contributed by atoms with van der Waals surface area (Å²) in [4.78, 5) is 12.1. The molecule has 118 valence electrons. The Morgan fingerprint density at radius 1 is 1.00 bits per heavy atom. The van der Waals surface area contributed by atoms with Crippen LogP contribution in [0.2, 0.25) is 0 Å². The third kappa shape index (κ3) is 2.92. The summed E-state index contributed by atoms with van der Waals surface area (Å²) in [5.74, 6) is 0.717. The molecule has 1 aromatic heterocycles. The first-order valence-corrected chi connectivity index (χ1v) is 6.68. The van der Waals surface area contributed by atoms with E-state index in [2.05, 4.69) is 0 Å². The van der Waals surface area contributed by atoms with Crippen LogP contribution in [0.4, 0.5) is 13.2 Å². The van der Waals surface area contributed by atoms with E-state index in [0.29, 0.717) is 22.3 Å². The summed E-state index contributed by atoms with van der Waals surface area (Å²) in [6, 6.07) is 10.5. The number of rotatable bonds is 2. The lowest BCUT2D eigenvalue weighted by Crippen LogP contribution is -2.04. The molecule has 0 saturated carbocycles. The number of benzene rings is 2. The van der Waals surface area contributed by atoms with Crippen molar-refractivity contribution in [2.24, 2.45) is 0 Å². The van der Waals surface area contributed by atoms with Gasteiger partial charge in [-0.1, -0.05) is 12.1 Å². The minimum absolute atomic E-state index is 0.199. The van der Waals surface area contributed by atoms with Crippen molar-refractivity contribution in [1.82, 2.24) is 0 Å². The topological polar surface area (TPSA) is 39.4 Å². The van der Waals surface area contributed by atoms with Crippen molar-refractivity contribution < 1.29 is 22.3 Å². The van der Waals surface area contributed by atoms with Gasteiger partial charge in [-0.25, -0.2) is 0 Å². The molecule has 3 aromatic rings. The Labute approximate surface area is 128 Å². The van der Waals surface area contributed by atoms with Gasteiger partial charge in [-0.2, -0.15) is 13.2 Å². The zero-order chi connectivity index (χ0) is 16.6. The molecule has 0 aliphatic carbocycles. The predicted molar refractivity (Wildman–Crippen MR) is 79.5 cm³/mol. The molecule has 0 fully saturated rings. The van der Waals surface area contributed by atoms with Crippen molar-refractivity contribution in [1.29, 1.82) is 0 Å². The molecule has 0 unspecified atom stereocenters. The van der Waals surface area contributed by atoms with Gasteiger partial charge in [0, 0.05) is 17.7 Å². The summed E-state index contributed by atoms with van der Waals surface area (Å²) in [7, 11) is 1.49. The number of fused-ring (bicyclic) bond motifs is 1. The third-order valence-corrected chi connectivity index (χ3v) is 3.43. The number of ether oxygens (including phenoxy) is 1. The minimum atomic E-state index is -4.41. The van der Waals surface area contributed by atoms with Crippen molar-refractivity contribution in [3.63, 3.8) is 0 Å². The van der Waals surface area contributed by atoms with Crippen LogP contribution in [0.5, 0.6) is 5.75 Å². The highest BCUT2D eigenvalue weighted by atomic mass is 19.4. The first-order chi connectivity index (χ1) is 10.9. The SMILES string of the molecule is COc1ccc2c(=O)cc(-c3ccc(C(F)(F)F)cc3)oc2c1. The van der Waals surface area contributed by atoms with Gasteiger partial charge >= 0.3 is 6.18 Å². The van der Waals surface area contributed by atoms with Crippen molar-refractivity contribution in [3.05, 3.63) is 64.3 Å². The molecule has 0 aliphatic heterocycles. The Hall–Kier alpha value is -2.76. The molecule has 0 N–H and O–H groups in total. The van der Waals surface area contributed by atoms with Crippen LogP contribution in [-0.2, 0) is 6.18 Å². The van der Waals surface area contributed by atoms with Gasteiger partial charge in [-0.05, 0) is 24.3 Å². The third-order valence-electron chi connectivity index (χ3n) is 3.43. The van der Waals surface area contributed by atoms with Gasteiger partial charge < -0.3 is 9.15 Å². The quantitative estimate of drug-likeness (QED) is 0.698. The maximum Gasteiger partial charge on any atom is 0.416 e. The van der Waals surface area contributed by atoms with E-state index in [4.69, 9.17) is 9.15 Å². The Kier molecular flexibility index (Phi) is 3.60.